The second-order valence-electron chi connectivity index (χ2n) is 7.46. The van der Waals surface area contributed by atoms with E-state index in [0.29, 0.717) is 11.7 Å². The smallest absolute Gasteiger partial charge is 0.140 e. The molecule has 4 nitrogen and oxygen atoms in total. The number of pyridine rings is 2. The monoisotopic (exact) mass is 350 g/mol. The van der Waals surface area contributed by atoms with Gasteiger partial charge in [-0.3, -0.25) is 9.88 Å². The molecule has 0 radical (unpaired) electrons. The zero-order chi connectivity index (χ0) is 17.5. The minimum absolute atomic E-state index is 0.500. The van der Waals surface area contributed by atoms with Gasteiger partial charge >= 0.3 is 0 Å². The van der Waals surface area contributed by atoms with E-state index in [1.165, 1.54) is 36.0 Å². The van der Waals surface area contributed by atoms with Crippen molar-refractivity contribution in [3.8, 4) is 0 Å². The fraction of sp³-hybridized carbons (Fsp3) is 0.429. The van der Waals surface area contributed by atoms with Crippen molar-refractivity contribution in [1.82, 2.24) is 19.4 Å². The van der Waals surface area contributed by atoms with Crippen LogP contribution in [0.2, 0.25) is 0 Å². The highest BCUT2D eigenvalue weighted by molar-refractivity contribution is 5.82. The van der Waals surface area contributed by atoms with Crippen molar-refractivity contribution < 1.29 is 4.39 Å². The van der Waals surface area contributed by atoms with Crippen LogP contribution in [0.5, 0.6) is 0 Å². The fourth-order valence-corrected chi connectivity index (χ4v) is 4.63. The Bertz CT molecular complexity index is 931. The molecule has 134 valence electrons. The predicted octanol–water partition coefficient (Wildman–Crippen LogP) is 3.66. The second-order valence-corrected chi connectivity index (χ2v) is 7.46. The number of aryl methyl sites for hydroxylation is 2. The van der Waals surface area contributed by atoms with Crippen LogP contribution in [-0.2, 0) is 32.6 Å². The van der Waals surface area contributed by atoms with Gasteiger partial charge in [0, 0.05) is 49.0 Å². The van der Waals surface area contributed by atoms with E-state index in [2.05, 4.69) is 20.5 Å². The Hall–Kier alpha value is -2.27. The number of nitrogens with zero attached hydrogens (tertiary/aromatic N) is 4. The molecular formula is C21H23FN4. The zero-order valence-electron chi connectivity index (χ0n) is 14.9. The summed E-state index contributed by atoms with van der Waals surface area (Å²) in [5, 5.41) is 1.30. The van der Waals surface area contributed by atoms with E-state index in [-0.39, 0.29) is 0 Å². The molecule has 26 heavy (non-hydrogen) atoms. The molecule has 0 amide bonds. The van der Waals surface area contributed by atoms with E-state index >= 15 is 0 Å². The third kappa shape index (κ3) is 2.62. The molecule has 5 rings (SSSR count). The Morgan fingerprint density at radius 1 is 1.19 bits per heavy atom. The predicted molar refractivity (Wildman–Crippen MR) is 99.6 cm³/mol. The van der Waals surface area contributed by atoms with Gasteiger partial charge in [0.2, 0.25) is 0 Å². The standard InChI is InChI=1S/C21H23FN4/c22-12-16-6-5-15(13-24-16)7-10-26-20-11-17-3-2-9-25(17)14-19(20)18-4-1-8-23-21(18)26/h1,4-6,8,13,17H,2-3,7,9-12,14H2. The molecule has 0 aliphatic carbocycles. The van der Waals surface area contributed by atoms with E-state index in [9.17, 15) is 4.39 Å². The van der Waals surface area contributed by atoms with Gasteiger partial charge in [0.05, 0.1) is 5.69 Å². The van der Waals surface area contributed by atoms with E-state index in [1.807, 2.05) is 18.3 Å². The molecular weight excluding hydrogens is 327 g/mol. The van der Waals surface area contributed by atoms with Gasteiger partial charge in [-0.15, -0.1) is 0 Å². The fourth-order valence-electron chi connectivity index (χ4n) is 4.63. The number of hydrogen-bond donors (Lipinski definition) is 0. The lowest BCUT2D eigenvalue weighted by atomic mass is 9.99. The Kier molecular flexibility index (Phi) is 3.97. The van der Waals surface area contributed by atoms with Gasteiger partial charge in [0.25, 0.3) is 0 Å². The summed E-state index contributed by atoms with van der Waals surface area (Å²) in [6.07, 6.45) is 8.34. The molecule has 2 aliphatic heterocycles. The van der Waals surface area contributed by atoms with Crippen molar-refractivity contribution in [3.63, 3.8) is 0 Å². The molecule has 5 heteroatoms. The quantitative estimate of drug-likeness (QED) is 0.720. The molecule has 5 heterocycles. The number of halogens is 1. The van der Waals surface area contributed by atoms with Crippen LogP contribution in [0, 0.1) is 0 Å². The topological polar surface area (TPSA) is 34.0 Å². The summed E-state index contributed by atoms with van der Waals surface area (Å²) in [6, 6.07) is 8.73. The van der Waals surface area contributed by atoms with Crippen molar-refractivity contribution in [2.24, 2.45) is 0 Å². The molecule has 0 spiro atoms. The first-order chi connectivity index (χ1) is 12.8. The highest BCUT2D eigenvalue weighted by Gasteiger charge is 2.33. The lowest BCUT2D eigenvalue weighted by molar-refractivity contribution is 0.224. The van der Waals surface area contributed by atoms with Gasteiger partial charge in [0.1, 0.15) is 12.3 Å². The van der Waals surface area contributed by atoms with Crippen molar-refractivity contribution in [1.29, 1.82) is 0 Å². The molecule has 1 saturated heterocycles. The lowest BCUT2D eigenvalue weighted by Crippen LogP contribution is -2.35. The molecule has 0 N–H and O–H groups in total. The first kappa shape index (κ1) is 15.9. The van der Waals surface area contributed by atoms with Crippen LogP contribution in [0.3, 0.4) is 0 Å². The minimum atomic E-state index is -0.502. The average Bonchev–Trinajstić information content (AvgIpc) is 3.27. The van der Waals surface area contributed by atoms with Crippen LogP contribution in [-0.4, -0.2) is 32.0 Å². The maximum Gasteiger partial charge on any atom is 0.140 e. The summed E-state index contributed by atoms with van der Waals surface area (Å²) in [5.41, 5.74) is 5.69. The lowest BCUT2D eigenvalue weighted by Gasteiger charge is -2.30. The zero-order valence-corrected chi connectivity index (χ0v) is 14.9. The Labute approximate surface area is 152 Å². The maximum atomic E-state index is 12.7. The highest BCUT2D eigenvalue weighted by atomic mass is 19.1. The number of rotatable bonds is 4. The third-order valence-electron chi connectivity index (χ3n) is 5.98. The van der Waals surface area contributed by atoms with E-state index in [0.717, 1.165) is 37.1 Å². The first-order valence-corrected chi connectivity index (χ1v) is 9.52. The van der Waals surface area contributed by atoms with E-state index in [4.69, 9.17) is 4.98 Å². The molecule has 1 unspecified atom stereocenters. The number of hydrogen-bond acceptors (Lipinski definition) is 3. The van der Waals surface area contributed by atoms with Gasteiger partial charge in [-0.2, -0.15) is 0 Å². The number of aromatic nitrogens is 3. The summed E-state index contributed by atoms with van der Waals surface area (Å²) in [7, 11) is 0. The summed E-state index contributed by atoms with van der Waals surface area (Å²) < 4.78 is 15.1. The van der Waals surface area contributed by atoms with Crippen molar-refractivity contribution >= 4 is 11.0 Å². The SMILES string of the molecule is FCc1ccc(CCn2c3c(c4cccnc42)CN2CCCC2C3)cn1. The largest absolute Gasteiger partial charge is 0.329 e. The molecule has 0 saturated carbocycles. The van der Waals surface area contributed by atoms with Crippen LogP contribution in [0.15, 0.2) is 36.7 Å². The molecule has 1 atom stereocenters. The third-order valence-corrected chi connectivity index (χ3v) is 5.98. The van der Waals surface area contributed by atoms with E-state index < -0.39 is 6.67 Å². The van der Waals surface area contributed by atoms with Crippen molar-refractivity contribution in [3.05, 3.63) is 59.2 Å². The van der Waals surface area contributed by atoms with Crippen LogP contribution in [0.1, 0.15) is 35.4 Å². The highest BCUT2D eigenvalue weighted by Crippen LogP contribution is 2.35. The van der Waals surface area contributed by atoms with Gasteiger partial charge < -0.3 is 4.57 Å². The van der Waals surface area contributed by atoms with Gasteiger partial charge in [0.15, 0.2) is 0 Å². The molecule has 0 aromatic carbocycles. The normalized spacial score (nSPS) is 19.7. The summed E-state index contributed by atoms with van der Waals surface area (Å²) in [4.78, 5) is 11.5. The molecule has 3 aromatic rings. The van der Waals surface area contributed by atoms with Crippen molar-refractivity contribution in [2.75, 3.05) is 6.54 Å². The van der Waals surface area contributed by atoms with Gasteiger partial charge in [-0.25, -0.2) is 9.37 Å². The number of fused-ring (bicyclic) bond motifs is 4. The maximum absolute atomic E-state index is 12.7. The van der Waals surface area contributed by atoms with E-state index in [1.54, 1.807) is 12.3 Å². The van der Waals surface area contributed by atoms with Crippen LogP contribution in [0.4, 0.5) is 4.39 Å². The molecule has 2 aliphatic rings. The Morgan fingerprint density at radius 2 is 2.15 bits per heavy atom. The van der Waals surface area contributed by atoms with Crippen molar-refractivity contribution in [2.45, 2.75) is 51.5 Å². The van der Waals surface area contributed by atoms with Crippen LogP contribution < -0.4 is 0 Å². The summed E-state index contributed by atoms with van der Waals surface area (Å²) in [5.74, 6) is 0. The summed E-state index contributed by atoms with van der Waals surface area (Å²) >= 11 is 0. The molecule has 0 bridgehead atoms. The van der Waals surface area contributed by atoms with Gasteiger partial charge in [-0.1, -0.05) is 6.07 Å². The van der Waals surface area contributed by atoms with Gasteiger partial charge in [-0.05, 0) is 55.1 Å². The Balaban J connectivity index is 1.49. The second kappa shape index (κ2) is 6.47. The number of alkyl halides is 1. The van der Waals surface area contributed by atoms with Crippen LogP contribution >= 0.6 is 0 Å². The average molecular weight is 350 g/mol. The first-order valence-electron chi connectivity index (χ1n) is 9.52. The Morgan fingerprint density at radius 3 is 3.00 bits per heavy atom. The minimum Gasteiger partial charge on any atom is -0.329 e. The summed E-state index contributed by atoms with van der Waals surface area (Å²) in [6.45, 7) is 2.68. The van der Waals surface area contributed by atoms with Crippen LogP contribution in [0.25, 0.3) is 11.0 Å². The molecule has 1 fully saturated rings. The molecule has 3 aromatic heterocycles.